The zero-order valence-electron chi connectivity index (χ0n) is 19.4. The number of carbonyl (C=O) groups excluding carboxylic acids is 3. The summed E-state index contributed by atoms with van der Waals surface area (Å²) in [4.78, 5) is 36.9. The number of hydrogen-bond donors (Lipinski definition) is 0. The average Bonchev–Trinajstić information content (AvgIpc) is 3.13. The van der Waals surface area contributed by atoms with Crippen molar-refractivity contribution in [2.75, 3.05) is 7.11 Å². The maximum absolute atomic E-state index is 12.7. The predicted octanol–water partition coefficient (Wildman–Crippen LogP) is 5.61. The Morgan fingerprint density at radius 2 is 1.47 bits per heavy atom. The molecule has 0 unspecified atom stereocenters. The summed E-state index contributed by atoms with van der Waals surface area (Å²) >= 11 is 0. The normalized spacial score (nSPS) is 13.9. The Balaban J connectivity index is 1.48. The molecule has 0 amide bonds. The molecule has 4 rings (SSSR count). The molecule has 3 aromatic rings. The number of hydrogen-bond acceptors (Lipinski definition) is 6. The summed E-state index contributed by atoms with van der Waals surface area (Å²) in [6, 6.07) is 18.6. The van der Waals surface area contributed by atoms with Gasteiger partial charge in [0.25, 0.3) is 0 Å². The fourth-order valence-corrected chi connectivity index (χ4v) is 3.49. The van der Waals surface area contributed by atoms with Crippen molar-refractivity contribution < 1.29 is 28.6 Å². The second-order valence-corrected chi connectivity index (χ2v) is 8.93. The lowest BCUT2D eigenvalue weighted by molar-refractivity contribution is 0.0600. The van der Waals surface area contributed by atoms with Gasteiger partial charge < -0.3 is 14.2 Å². The molecule has 1 aliphatic heterocycles. The minimum absolute atomic E-state index is 0.0130. The van der Waals surface area contributed by atoms with Crippen LogP contribution in [0.3, 0.4) is 0 Å². The van der Waals surface area contributed by atoms with Crippen LogP contribution in [-0.2, 0) is 10.2 Å². The number of fused-ring (bicyclic) bond motifs is 1. The number of rotatable bonds is 4. The van der Waals surface area contributed by atoms with E-state index in [2.05, 4.69) is 25.5 Å². The maximum Gasteiger partial charge on any atom is 0.343 e. The van der Waals surface area contributed by atoms with E-state index in [-0.39, 0.29) is 22.7 Å². The third-order valence-corrected chi connectivity index (χ3v) is 5.47. The van der Waals surface area contributed by atoms with Crippen LogP contribution in [0.25, 0.3) is 6.08 Å². The summed E-state index contributed by atoms with van der Waals surface area (Å²) in [5.74, 6) is -0.473. The Morgan fingerprint density at radius 1 is 0.853 bits per heavy atom. The average molecular weight is 456 g/mol. The summed E-state index contributed by atoms with van der Waals surface area (Å²) in [5, 5.41) is 0. The van der Waals surface area contributed by atoms with Gasteiger partial charge in [0.05, 0.1) is 23.8 Å². The number of methoxy groups -OCH3 is 1. The number of allylic oxidation sites excluding steroid dienone is 1. The topological polar surface area (TPSA) is 78.9 Å². The maximum atomic E-state index is 12.7. The number of Topliss-reactive ketones (excluding diaryl/α,β-unsaturated/α-hetero) is 1. The molecule has 1 aliphatic rings. The Labute approximate surface area is 197 Å². The van der Waals surface area contributed by atoms with Crippen molar-refractivity contribution in [2.45, 2.75) is 26.2 Å². The summed E-state index contributed by atoms with van der Waals surface area (Å²) in [5.41, 5.74) is 3.02. The molecule has 0 aromatic heterocycles. The van der Waals surface area contributed by atoms with E-state index < -0.39 is 11.9 Å². The molecule has 0 bridgehead atoms. The summed E-state index contributed by atoms with van der Waals surface area (Å²) < 4.78 is 15.9. The SMILES string of the molecule is COC(=O)c1ccc(C=C2Oc3cc(OC(=O)c4ccc(C(C)(C)C)cc4)ccc3C2=O)cc1. The van der Waals surface area contributed by atoms with Crippen molar-refractivity contribution in [2.24, 2.45) is 0 Å². The van der Waals surface area contributed by atoms with Gasteiger partial charge in [0.1, 0.15) is 11.5 Å². The zero-order valence-corrected chi connectivity index (χ0v) is 19.4. The molecular weight excluding hydrogens is 432 g/mol. The van der Waals surface area contributed by atoms with Crippen LogP contribution in [0, 0.1) is 0 Å². The zero-order chi connectivity index (χ0) is 24.5. The Morgan fingerprint density at radius 3 is 2.09 bits per heavy atom. The molecular formula is C28H24O6. The fraction of sp³-hybridized carbons (Fsp3) is 0.179. The van der Waals surface area contributed by atoms with Gasteiger partial charge in [-0.1, -0.05) is 45.0 Å². The van der Waals surface area contributed by atoms with Crippen molar-refractivity contribution in [1.82, 2.24) is 0 Å². The molecule has 0 radical (unpaired) electrons. The summed E-state index contributed by atoms with van der Waals surface area (Å²) in [6.45, 7) is 6.31. The smallest absolute Gasteiger partial charge is 0.343 e. The van der Waals surface area contributed by atoms with Crippen LogP contribution in [-0.4, -0.2) is 24.8 Å². The highest BCUT2D eigenvalue weighted by molar-refractivity contribution is 6.14. The first-order chi connectivity index (χ1) is 16.2. The Bertz CT molecular complexity index is 1290. The standard InChI is InChI=1S/C28H24O6/c1-28(2,3)20-11-9-19(10-12-20)27(31)33-21-13-14-22-23(16-21)34-24(25(22)29)15-17-5-7-18(8-6-17)26(30)32-4/h5-16H,1-4H3. The number of ketones is 1. The van der Waals surface area contributed by atoms with Gasteiger partial charge in [0, 0.05) is 6.07 Å². The van der Waals surface area contributed by atoms with Crippen LogP contribution in [0.2, 0.25) is 0 Å². The van der Waals surface area contributed by atoms with E-state index in [4.69, 9.17) is 9.47 Å². The van der Waals surface area contributed by atoms with Crippen LogP contribution >= 0.6 is 0 Å². The first-order valence-corrected chi connectivity index (χ1v) is 10.7. The van der Waals surface area contributed by atoms with E-state index in [0.717, 1.165) is 5.56 Å². The van der Waals surface area contributed by atoms with Gasteiger partial charge in [-0.05, 0) is 59.0 Å². The van der Waals surface area contributed by atoms with Crippen molar-refractivity contribution in [3.05, 3.63) is 100 Å². The first-order valence-electron chi connectivity index (χ1n) is 10.7. The highest BCUT2D eigenvalue weighted by atomic mass is 16.5. The fourth-order valence-electron chi connectivity index (χ4n) is 3.49. The molecule has 0 N–H and O–H groups in total. The highest BCUT2D eigenvalue weighted by Crippen LogP contribution is 2.35. The molecule has 0 atom stereocenters. The predicted molar refractivity (Wildman–Crippen MR) is 127 cm³/mol. The molecule has 6 heteroatoms. The highest BCUT2D eigenvalue weighted by Gasteiger charge is 2.28. The molecule has 6 nitrogen and oxygen atoms in total. The number of carbonyl (C=O) groups is 3. The lowest BCUT2D eigenvalue weighted by atomic mass is 9.87. The lowest BCUT2D eigenvalue weighted by Gasteiger charge is -2.18. The summed E-state index contributed by atoms with van der Waals surface area (Å²) in [6.07, 6.45) is 1.59. The van der Waals surface area contributed by atoms with E-state index in [9.17, 15) is 14.4 Å². The van der Waals surface area contributed by atoms with Crippen LogP contribution in [0.4, 0.5) is 0 Å². The monoisotopic (exact) mass is 456 g/mol. The molecule has 0 saturated heterocycles. The Kier molecular flexibility index (Phi) is 6.07. The van der Waals surface area contributed by atoms with Gasteiger partial charge in [-0.25, -0.2) is 9.59 Å². The molecule has 0 saturated carbocycles. The van der Waals surface area contributed by atoms with Crippen LogP contribution in [0.1, 0.15) is 63.0 Å². The van der Waals surface area contributed by atoms with E-state index in [1.807, 2.05) is 12.1 Å². The number of esters is 2. The van der Waals surface area contributed by atoms with Gasteiger partial charge in [0.2, 0.25) is 5.78 Å². The summed E-state index contributed by atoms with van der Waals surface area (Å²) in [7, 11) is 1.31. The van der Waals surface area contributed by atoms with Crippen molar-refractivity contribution in [1.29, 1.82) is 0 Å². The minimum atomic E-state index is -0.494. The molecule has 34 heavy (non-hydrogen) atoms. The van der Waals surface area contributed by atoms with Gasteiger partial charge >= 0.3 is 11.9 Å². The molecule has 1 heterocycles. The largest absolute Gasteiger partial charge is 0.465 e. The van der Waals surface area contributed by atoms with Crippen LogP contribution in [0.15, 0.2) is 72.5 Å². The number of benzene rings is 3. The molecule has 3 aromatic carbocycles. The lowest BCUT2D eigenvalue weighted by Crippen LogP contribution is -2.12. The van der Waals surface area contributed by atoms with Gasteiger partial charge in [-0.3, -0.25) is 4.79 Å². The van der Waals surface area contributed by atoms with Crippen molar-refractivity contribution in [3.8, 4) is 11.5 Å². The third-order valence-electron chi connectivity index (χ3n) is 5.47. The van der Waals surface area contributed by atoms with E-state index in [0.29, 0.717) is 28.0 Å². The van der Waals surface area contributed by atoms with Crippen molar-refractivity contribution in [3.63, 3.8) is 0 Å². The van der Waals surface area contributed by atoms with Gasteiger partial charge in [-0.2, -0.15) is 0 Å². The quantitative estimate of drug-likeness (QED) is 0.289. The number of ether oxygens (including phenoxy) is 3. The van der Waals surface area contributed by atoms with E-state index >= 15 is 0 Å². The molecule has 0 spiro atoms. The molecule has 0 aliphatic carbocycles. The second-order valence-electron chi connectivity index (χ2n) is 8.93. The van der Waals surface area contributed by atoms with Gasteiger partial charge in [-0.15, -0.1) is 0 Å². The van der Waals surface area contributed by atoms with E-state index in [1.165, 1.54) is 13.2 Å². The minimum Gasteiger partial charge on any atom is -0.465 e. The third kappa shape index (κ3) is 4.76. The second kappa shape index (κ2) is 8.98. The van der Waals surface area contributed by atoms with Crippen LogP contribution in [0.5, 0.6) is 11.5 Å². The van der Waals surface area contributed by atoms with Crippen LogP contribution < -0.4 is 9.47 Å². The van der Waals surface area contributed by atoms with Crippen molar-refractivity contribution >= 4 is 23.8 Å². The first kappa shape index (κ1) is 23.0. The molecule has 0 fully saturated rings. The van der Waals surface area contributed by atoms with E-state index in [1.54, 1.807) is 54.6 Å². The Hall–Kier alpha value is -4.19. The molecule has 172 valence electrons. The van der Waals surface area contributed by atoms with Gasteiger partial charge in [0.15, 0.2) is 5.76 Å².